The van der Waals surface area contributed by atoms with Gasteiger partial charge in [-0.2, -0.15) is 0 Å². The fourth-order valence-corrected chi connectivity index (χ4v) is 3.10. The molecule has 0 amide bonds. The van der Waals surface area contributed by atoms with Crippen molar-refractivity contribution in [1.29, 1.82) is 0 Å². The Kier molecular flexibility index (Phi) is 5.89. The summed E-state index contributed by atoms with van der Waals surface area (Å²) in [6.45, 7) is 4.17. The molecular formula is C16H21ClN2S. The van der Waals surface area contributed by atoms with E-state index >= 15 is 0 Å². The summed E-state index contributed by atoms with van der Waals surface area (Å²) >= 11 is 7.95. The Labute approximate surface area is 130 Å². The first-order valence-electron chi connectivity index (χ1n) is 6.88. The van der Waals surface area contributed by atoms with Crippen molar-refractivity contribution in [1.82, 2.24) is 4.90 Å². The number of para-hydroxylation sites is 1. The number of halogens is 1. The molecule has 0 bridgehead atoms. The minimum absolute atomic E-state index is 0.543. The molecule has 2 aromatic rings. The quantitative estimate of drug-likeness (QED) is 0.816. The molecule has 1 aromatic carbocycles. The Bertz CT molecular complexity index is 513. The first kappa shape index (κ1) is 15.4. The van der Waals surface area contributed by atoms with E-state index in [9.17, 15) is 0 Å². The average molecular weight is 309 g/mol. The molecule has 1 aromatic heterocycles. The average Bonchev–Trinajstić information content (AvgIpc) is 2.93. The Morgan fingerprint density at radius 3 is 2.75 bits per heavy atom. The van der Waals surface area contributed by atoms with E-state index in [-0.39, 0.29) is 0 Å². The number of benzene rings is 1. The van der Waals surface area contributed by atoms with Gasteiger partial charge in [-0.1, -0.05) is 29.8 Å². The highest BCUT2D eigenvalue weighted by Gasteiger charge is 2.10. The summed E-state index contributed by atoms with van der Waals surface area (Å²) < 4.78 is 0. The molecule has 1 unspecified atom stereocenters. The highest BCUT2D eigenvalue weighted by Crippen LogP contribution is 2.20. The Hall–Kier alpha value is -1.03. The molecule has 0 aliphatic rings. The van der Waals surface area contributed by atoms with Gasteiger partial charge in [-0.25, -0.2) is 0 Å². The van der Waals surface area contributed by atoms with Crippen LogP contribution in [0, 0.1) is 0 Å². The summed E-state index contributed by atoms with van der Waals surface area (Å²) in [7, 11) is 2.17. The minimum Gasteiger partial charge on any atom is -0.383 e. The summed E-state index contributed by atoms with van der Waals surface area (Å²) in [6.07, 6.45) is 1.11. The molecule has 1 atom stereocenters. The lowest BCUT2D eigenvalue weighted by molar-refractivity contribution is 0.267. The van der Waals surface area contributed by atoms with Gasteiger partial charge >= 0.3 is 0 Å². The second kappa shape index (κ2) is 7.67. The highest BCUT2D eigenvalue weighted by atomic mass is 35.5. The number of likely N-dealkylation sites (N-methyl/N-ethyl adjacent to an activating group) is 1. The van der Waals surface area contributed by atoms with Crippen molar-refractivity contribution in [3.63, 3.8) is 0 Å². The van der Waals surface area contributed by atoms with Crippen molar-refractivity contribution in [2.24, 2.45) is 0 Å². The maximum Gasteiger partial charge on any atom is 0.0637 e. The second-order valence-corrected chi connectivity index (χ2v) is 6.46. The maximum absolute atomic E-state index is 6.12. The third kappa shape index (κ3) is 4.51. The van der Waals surface area contributed by atoms with Crippen LogP contribution in [0.5, 0.6) is 0 Å². The smallest absolute Gasteiger partial charge is 0.0637 e. The van der Waals surface area contributed by atoms with Crippen molar-refractivity contribution in [3.8, 4) is 0 Å². The van der Waals surface area contributed by atoms with E-state index in [2.05, 4.69) is 41.7 Å². The van der Waals surface area contributed by atoms with Crippen molar-refractivity contribution in [2.75, 3.05) is 25.5 Å². The van der Waals surface area contributed by atoms with Crippen LogP contribution in [-0.4, -0.2) is 31.1 Å². The van der Waals surface area contributed by atoms with E-state index in [1.54, 1.807) is 0 Å². The van der Waals surface area contributed by atoms with E-state index in [4.69, 9.17) is 11.6 Å². The monoisotopic (exact) mass is 308 g/mol. The second-order valence-electron chi connectivity index (χ2n) is 5.02. The van der Waals surface area contributed by atoms with Crippen LogP contribution < -0.4 is 5.32 Å². The first-order valence-corrected chi connectivity index (χ1v) is 8.13. The summed E-state index contributed by atoms with van der Waals surface area (Å²) in [4.78, 5) is 3.83. The van der Waals surface area contributed by atoms with Gasteiger partial charge in [-0.05, 0) is 44.0 Å². The molecule has 0 fully saturated rings. The van der Waals surface area contributed by atoms with Crippen molar-refractivity contribution in [3.05, 3.63) is 51.7 Å². The number of rotatable bonds is 7. The largest absolute Gasteiger partial charge is 0.383 e. The topological polar surface area (TPSA) is 15.3 Å². The van der Waals surface area contributed by atoms with Gasteiger partial charge in [0, 0.05) is 24.0 Å². The molecule has 0 radical (unpaired) electrons. The Balaban J connectivity index is 1.74. The van der Waals surface area contributed by atoms with Crippen LogP contribution in [0.2, 0.25) is 5.02 Å². The SMILES string of the molecule is CC(Cc1cccs1)N(C)CCNc1ccccc1Cl. The number of hydrogen-bond donors (Lipinski definition) is 1. The van der Waals surface area contributed by atoms with Crippen molar-refractivity contribution in [2.45, 2.75) is 19.4 Å². The van der Waals surface area contributed by atoms with Crippen LogP contribution in [0.1, 0.15) is 11.8 Å². The molecule has 2 nitrogen and oxygen atoms in total. The molecule has 0 aliphatic heterocycles. The van der Waals surface area contributed by atoms with Gasteiger partial charge in [0.2, 0.25) is 0 Å². The van der Waals surface area contributed by atoms with Gasteiger partial charge in [-0.15, -0.1) is 11.3 Å². The fraction of sp³-hybridized carbons (Fsp3) is 0.375. The molecule has 0 aliphatic carbocycles. The van der Waals surface area contributed by atoms with Crippen LogP contribution in [-0.2, 0) is 6.42 Å². The van der Waals surface area contributed by atoms with E-state index < -0.39 is 0 Å². The lowest BCUT2D eigenvalue weighted by Crippen LogP contribution is -2.34. The predicted octanol–water partition coefficient (Wildman–Crippen LogP) is 4.38. The normalized spacial score (nSPS) is 12.6. The van der Waals surface area contributed by atoms with Crippen molar-refractivity contribution >= 4 is 28.6 Å². The number of anilines is 1. The van der Waals surface area contributed by atoms with E-state index in [1.165, 1.54) is 4.88 Å². The molecule has 2 rings (SSSR count). The van der Waals surface area contributed by atoms with Crippen molar-refractivity contribution < 1.29 is 0 Å². The lowest BCUT2D eigenvalue weighted by Gasteiger charge is -2.24. The third-order valence-electron chi connectivity index (χ3n) is 3.48. The zero-order chi connectivity index (χ0) is 14.4. The molecule has 108 valence electrons. The zero-order valence-corrected chi connectivity index (χ0v) is 13.5. The predicted molar refractivity (Wildman–Crippen MR) is 90.1 cm³/mol. The van der Waals surface area contributed by atoms with Crippen LogP contribution in [0.15, 0.2) is 41.8 Å². The molecule has 20 heavy (non-hydrogen) atoms. The molecule has 1 N–H and O–H groups in total. The molecule has 0 saturated heterocycles. The lowest BCUT2D eigenvalue weighted by atomic mass is 10.2. The van der Waals surface area contributed by atoms with Gasteiger partial charge < -0.3 is 10.2 Å². The Morgan fingerprint density at radius 1 is 1.25 bits per heavy atom. The summed E-state index contributed by atoms with van der Waals surface area (Å²) in [5, 5.41) is 6.31. The minimum atomic E-state index is 0.543. The standard InChI is InChI=1S/C16H21ClN2S/c1-13(12-14-6-5-11-20-14)19(2)10-9-18-16-8-4-3-7-15(16)17/h3-8,11,13,18H,9-10,12H2,1-2H3. The number of nitrogens with one attached hydrogen (secondary N) is 1. The Morgan fingerprint density at radius 2 is 2.05 bits per heavy atom. The summed E-state index contributed by atoms with van der Waals surface area (Å²) in [5.41, 5.74) is 1.01. The third-order valence-corrected chi connectivity index (χ3v) is 4.71. The maximum atomic E-state index is 6.12. The fourth-order valence-electron chi connectivity index (χ4n) is 2.07. The number of nitrogens with zero attached hydrogens (tertiary/aromatic N) is 1. The molecule has 4 heteroatoms. The highest BCUT2D eigenvalue weighted by molar-refractivity contribution is 7.09. The zero-order valence-electron chi connectivity index (χ0n) is 12.0. The van der Waals surface area contributed by atoms with E-state index in [0.717, 1.165) is 30.2 Å². The summed E-state index contributed by atoms with van der Waals surface area (Å²) in [5.74, 6) is 0. The van der Waals surface area contributed by atoms with Gasteiger partial charge in [0.1, 0.15) is 0 Å². The molecule has 0 saturated carbocycles. The van der Waals surface area contributed by atoms with Crippen LogP contribution >= 0.6 is 22.9 Å². The van der Waals surface area contributed by atoms with Gasteiger partial charge in [0.05, 0.1) is 10.7 Å². The number of thiophene rings is 1. The van der Waals surface area contributed by atoms with Crippen LogP contribution in [0.3, 0.4) is 0 Å². The molecular weight excluding hydrogens is 288 g/mol. The summed E-state index contributed by atoms with van der Waals surface area (Å²) in [6, 6.07) is 12.7. The van der Waals surface area contributed by atoms with Crippen LogP contribution in [0.4, 0.5) is 5.69 Å². The first-order chi connectivity index (χ1) is 9.66. The van der Waals surface area contributed by atoms with E-state index in [1.807, 2.05) is 35.6 Å². The molecule has 0 spiro atoms. The molecule has 1 heterocycles. The van der Waals surface area contributed by atoms with Gasteiger partial charge in [-0.3, -0.25) is 0 Å². The van der Waals surface area contributed by atoms with E-state index in [0.29, 0.717) is 6.04 Å². The van der Waals surface area contributed by atoms with Gasteiger partial charge in [0.25, 0.3) is 0 Å². The van der Waals surface area contributed by atoms with Crippen LogP contribution in [0.25, 0.3) is 0 Å². The van der Waals surface area contributed by atoms with Gasteiger partial charge in [0.15, 0.2) is 0 Å². The number of hydrogen-bond acceptors (Lipinski definition) is 3.